The molecule has 6 heteroatoms. The molecule has 0 unspecified atom stereocenters. The maximum Gasteiger partial charge on any atom is 0.202 e. The van der Waals surface area contributed by atoms with Gasteiger partial charge in [-0.3, -0.25) is 0 Å². The van der Waals surface area contributed by atoms with E-state index in [0.29, 0.717) is 13.2 Å². The Bertz CT molecular complexity index is 243. The Morgan fingerprint density at radius 2 is 2.27 bits per heavy atom. The van der Waals surface area contributed by atoms with E-state index in [1.54, 1.807) is 7.11 Å². The second-order valence-electron chi connectivity index (χ2n) is 2.99. The summed E-state index contributed by atoms with van der Waals surface area (Å²) in [5, 5.41) is 3.94. The van der Waals surface area contributed by atoms with Crippen LogP contribution in [0.4, 0.5) is 5.13 Å². The smallest absolute Gasteiger partial charge is 0.202 e. The van der Waals surface area contributed by atoms with Gasteiger partial charge in [0.1, 0.15) is 6.61 Å². The lowest BCUT2D eigenvalue weighted by atomic mass is 10.5. The Hall–Kier alpha value is -0.720. The zero-order valence-electron chi connectivity index (χ0n) is 9.15. The van der Waals surface area contributed by atoms with Crippen LogP contribution in [0.2, 0.25) is 0 Å². The molecule has 0 radical (unpaired) electrons. The van der Waals surface area contributed by atoms with Crippen molar-refractivity contribution >= 4 is 16.7 Å². The van der Waals surface area contributed by atoms with E-state index in [1.807, 2.05) is 0 Å². The van der Waals surface area contributed by atoms with Gasteiger partial charge in [0, 0.05) is 31.8 Å². The topological polar surface area (TPSA) is 56.3 Å². The van der Waals surface area contributed by atoms with Crippen LogP contribution in [-0.2, 0) is 16.1 Å². The summed E-state index contributed by atoms with van der Waals surface area (Å²) < 4.78 is 14.4. The summed E-state index contributed by atoms with van der Waals surface area (Å²) in [5.74, 6) is 0.744. The summed E-state index contributed by atoms with van der Waals surface area (Å²) in [5.41, 5.74) is 0. The van der Waals surface area contributed by atoms with Gasteiger partial charge in [-0.2, -0.15) is 4.37 Å². The summed E-state index contributed by atoms with van der Waals surface area (Å²) in [6.07, 6.45) is 1.02. The minimum atomic E-state index is 0.496. The van der Waals surface area contributed by atoms with Gasteiger partial charge in [-0.1, -0.05) is 6.92 Å². The van der Waals surface area contributed by atoms with Gasteiger partial charge in [-0.25, -0.2) is 4.98 Å². The Kier molecular flexibility index (Phi) is 6.22. The molecule has 1 N–H and O–H groups in total. The minimum Gasteiger partial charge on any atom is -0.383 e. The van der Waals surface area contributed by atoms with Crippen molar-refractivity contribution in [2.75, 3.05) is 32.2 Å². The molecule has 0 aromatic carbocycles. The Labute approximate surface area is 94.0 Å². The van der Waals surface area contributed by atoms with Crippen molar-refractivity contribution in [3.05, 3.63) is 5.82 Å². The van der Waals surface area contributed by atoms with Gasteiger partial charge in [0.2, 0.25) is 5.13 Å². The highest BCUT2D eigenvalue weighted by Crippen LogP contribution is 2.10. The number of hydrogen-bond donors (Lipinski definition) is 1. The molecule has 0 saturated heterocycles. The second-order valence-corrected chi connectivity index (χ2v) is 3.74. The molecule has 0 bridgehead atoms. The molecule has 0 spiro atoms. The molecule has 0 aliphatic carbocycles. The van der Waals surface area contributed by atoms with Crippen LogP contribution in [0.3, 0.4) is 0 Å². The predicted octanol–water partition coefficient (Wildman–Crippen LogP) is 1.52. The molecule has 1 rings (SSSR count). The number of ether oxygens (including phenoxy) is 2. The minimum absolute atomic E-state index is 0.496. The molecule has 0 saturated carbocycles. The van der Waals surface area contributed by atoms with E-state index in [0.717, 1.165) is 30.5 Å². The number of nitrogens with one attached hydrogen (secondary N) is 1. The molecule has 0 aliphatic rings. The van der Waals surface area contributed by atoms with Gasteiger partial charge < -0.3 is 14.8 Å². The van der Waals surface area contributed by atoms with Crippen LogP contribution in [0.1, 0.15) is 19.2 Å². The van der Waals surface area contributed by atoms with E-state index in [4.69, 9.17) is 9.47 Å². The van der Waals surface area contributed by atoms with Crippen molar-refractivity contribution < 1.29 is 9.47 Å². The summed E-state index contributed by atoms with van der Waals surface area (Å²) in [7, 11) is 1.67. The highest BCUT2D eigenvalue weighted by molar-refractivity contribution is 7.09. The van der Waals surface area contributed by atoms with E-state index in [9.17, 15) is 0 Å². The number of hydrogen-bond acceptors (Lipinski definition) is 6. The molecule has 1 aromatic rings. The summed E-state index contributed by atoms with van der Waals surface area (Å²) in [6.45, 7) is 4.75. The lowest BCUT2D eigenvalue weighted by Crippen LogP contribution is -2.07. The molecule has 0 atom stereocenters. The predicted molar refractivity (Wildman–Crippen MR) is 60.2 cm³/mol. The molecule has 1 aromatic heterocycles. The fraction of sp³-hybridized carbons (Fsp3) is 0.778. The Morgan fingerprint density at radius 1 is 1.40 bits per heavy atom. The second kappa shape index (κ2) is 7.56. The average Bonchev–Trinajstić information content (AvgIpc) is 2.67. The number of anilines is 1. The third kappa shape index (κ3) is 5.06. The lowest BCUT2D eigenvalue weighted by molar-refractivity contribution is 0.117. The number of rotatable bonds is 8. The summed E-state index contributed by atoms with van der Waals surface area (Å²) >= 11 is 1.35. The quantitative estimate of drug-likeness (QED) is 0.687. The third-order valence-corrected chi connectivity index (χ3v) is 2.34. The van der Waals surface area contributed by atoms with Crippen LogP contribution in [-0.4, -0.2) is 36.2 Å². The summed E-state index contributed by atoms with van der Waals surface area (Å²) in [4.78, 5) is 4.27. The zero-order chi connectivity index (χ0) is 10.9. The average molecular weight is 231 g/mol. The van der Waals surface area contributed by atoms with Gasteiger partial charge >= 0.3 is 0 Å². The number of nitrogens with zero attached hydrogens (tertiary/aromatic N) is 2. The van der Waals surface area contributed by atoms with E-state index < -0.39 is 0 Å². The van der Waals surface area contributed by atoms with Gasteiger partial charge in [-0.05, 0) is 6.42 Å². The first-order valence-corrected chi connectivity index (χ1v) is 5.77. The fourth-order valence-electron chi connectivity index (χ4n) is 0.952. The largest absolute Gasteiger partial charge is 0.383 e. The van der Waals surface area contributed by atoms with Crippen LogP contribution in [0, 0.1) is 0 Å². The van der Waals surface area contributed by atoms with E-state index >= 15 is 0 Å². The van der Waals surface area contributed by atoms with E-state index in [-0.39, 0.29) is 0 Å². The van der Waals surface area contributed by atoms with Crippen LogP contribution in [0.25, 0.3) is 0 Å². The van der Waals surface area contributed by atoms with Gasteiger partial charge in [0.05, 0.1) is 6.61 Å². The van der Waals surface area contributed by atoms with Crippen molar-refractivity contribution in [1.82, 2.24) is 9.36 Å². The Balaban J connectivity index is 2.23. The van der Waals surface area contributed by atoms with Crippen molar-refractivity contribution in [2.45, 2.75) is 20.0 Å². The fourth-order valence-corrected chi connectivity index (χ4v) is 1.55. The normalized spacial score (nSPS) is 10.5. The highest BCUT2D eigenvalue weighted by Gasteiger charge is 2.02. The lowest BCUT2D eigenvalue weighted by Gasteiger charge is -1.99. The van der Waals surface area contributed by atoms with Crippen molar-refractivity contribution in [3.63, 3.8) is 0 Å². The van der Waals surface area contributed by atoms with Gasteiger partial charge in [-0.15, -0.1) is 0 Å². The number of methoxy groups -OCH3 is 1. The molecule has 0 aliphatic heterocycles. The van der Waals surface area contributed by atoms with Crippen molar-refractivity contribution in [3.8, 4) is 0 Å². The first-order chi connectivity index (χ1) is 7.36. The number of aromatic nitrogens is 2. The Morgan fingerprint density at radius 3 is 3.00 bits per heavy atom. The standard InChI is InChI=1S/C9H17N3O2S/c1-3-5-14-7-8-11-9(15-12-8)10-4-6-13-2/h3-7H2,1-2H3,(H,10,11,12). The van der Waals surface area contributed by atoms with Crippen LogP contribution < -0.4 is 5.32 Å². The summed E-state index contributed by atoms with van der Waals surface area (Å²) in [6, 6.07) is 0. The molecular weight excluding hydrogens is 214 g/mol. The molecule has 1 heterocycles. The molecule has 5 nitrogen and oxygen atoms in total. The van der Waals surface area contributed by atoms with Crippen LogP contribution >= 0.6 is 11.5 Å². The third-order valence-electron chi connectivity index (χ3n) is 1.63. The van der Waals surface area contributed by atoms with E-state index in [2.05, 4.69) is 21.6 Å². The van der Waals surface area contributed by atoms with Crippen molar-refractivity contribution in [1.29, 1.82) is 0 Å². The molecule has 0 fully saturated rings. The van der Waals surface area contributed by atoms with Crippen molar-refractivity contribution in [2.24, 2.45) is 0 Å². The molecule has 86 valence electrons. The maximum atomic E-state index is 5.34. The van der Waals surface area contributed by atoms with Gasteiger partial charge in [0.15, 0.2) is 5.82 Å². The van der Waals surface area contributed by atoms with Crippen LogP contribution in [0.15, 0.2) is 0 Å². The molecule has 0 amide bonds. The van der Waals surface area contributed by atoms with Gasteiger partial charge in [0.25, 0.3) is 0 Å². The van der Waals surface area contributed by atoms with Crippen LogP contribution in [0.5, 0.6) is 0 Å². The SMILES string of the molecule is CCCOCc1nsc(NCCOC)n1. The maximum absolute atomic E-state index is 5.34. The van der Waals surface area contributed by atoms with E-state index in [1.165, 1.54) is 11.5 Å². The highest BCUT2D eigenvalue weighted by atomic mass is 32.1. The first kappa shape index (κ1) is 12.4. The monoisotopic (exact) mass is 231 g/mol. The zero-order valence-corrected chi connectivity index (χ0v) is 9.97. The molecular formula is C9H17N3O2S. The molecule has 15 heavy (non-hydrogen) atoms. The first-order valence-electron chi connectivity index (χ1n) is 5.00.